The maximum atomic E-state index is 11.9. The van der Waals surface area contributed by atoms with Gasteiger partial charge in [0.05, 0.1) is 19.8 Å². The van der Waals surface area contributed by atoms with Crippen LogP contribution in [0.25, 0.3) is 6.08 Å². The topological polar surface area (TPSA) is 76.7 Å². The summed E-state index contributed by atoms with van der Waals surface area (Å²) in [5.74, 6) is 0.247. The van der Waals surface area contributed by atoms with Crippen molar-refractivity contribution in [1.29, 1.82) is 0 Å². The third-order valence-electron chi connectivity index (χ3n) is 3.16. The second-order valence-electron chi connectivity index (χ2n) is 4.75. The van der Waals surface area contributed by atoms with E-state index in [4.69, 9.17) is 4.74 Å². The molecule has 0 aliphatic rings. The van der Waals surface area contributed by atoms with Crippen LogP contribution in [0, 0.1) is 0 Å². The number of esters is 1. The SMILES string of the molecule is COC(=O)c1cccc(NC(=O)N/C=C/c2ccccc2OC)c1. The molecule has 2 aromatic rings. The average Bonchev–Trinajstić information content (AvgIpc) is 2.61. The standard InChI is InChI=1S/C18H18N2O4/c1-23-16-9-4-3-6-13(16)10-11-19-18(22)20-15-8-5-7-14(12-15)17(21)24-2/h3-12H,1-2H3,(H2,19,20,22)/b11-10+. The molecule has 0 aliphatic heterocycles. The quantitative estimate of drug-likeness (QED) is 0.827. The lowest BCUT2D eigenvalue weighted by molar-refractivity contribution is 0.0600. The highest BCUT2D eigenvalue weighted by Gasteiger charge is 2.07. The van der Waals surface area contributed by atoms with E-state index in [9.17, 15) is 9.59 Å². The van der Waals surface area contributed by atoms with Crippen molar-refractivity contribution >= 4 is 23.8 Å². The summed E-state index contributed by atoms with van der Waals surface area (Å²) in [6, 6.07) is 13.5. The predicted molar refractivity (Wildman–Crippen MR) is 92.0 cm³/mol. The van der Waals surface area contributed by atoms with Crippen molar-refractivity contribution in [3.05, 3.63) is 65.9 Å². The van der Waals surface area contributed by atoms with Crippen LogP contribution in [-0.4, -0.2) is 26.2 Å². The Balaban J connectivity index is 1.96. The van der Waals surface area contributed by atoms with Gasteiger partial charge in [0.2, 0.25) is 0 Å². The molecule has 0 bridgehead atoms. The number of carbonyl (C=O) groups excluding carboxylic acids is 2. The molecule has 2 aromatic carbocycles. The molecule has 0 heterocycles. The number of anilines is 1. The van der Waals surface area contributed by atoms with Gasteiger partial charge in [-0.05, 0) is 30.3 Å². The molecule has 0 aromatic heterocycles. The number of rotatable bonds is 5. The average molecular weight is 326 g/mol. The van der Waals surface area contributed by atoms with Crippen molar-refractivity contribution in [1.82, 2.24) is 5.32 Å². The maximum absolute atomic E-state index is 11.9. The van der Waals surface area contributed by atoms with Gasteiger partial charge in [-0.15, -0.1) is 0 Å². The fourth-order valence-electron chi connectivity index (χ4n) is 2.02. The number of nitrogens with one attached hydrogen (secondary N) is 2. The number of hydrogen-bond donors (Lipinski definition) is 2. The lowest BCUT2D eigenvalue weighted by Gasteiger charge is -2.07. The first kappa shape index (κ1) is 17.1. The predicted octanol–water partition coefficient (Wildman–Crippen LogP) is 3.27. The molecule has 0 saturated carbocycles. The van der Waals surface area contributed by atoms with E-state index in [2.05, 4.69) is 15.4 Å². The third-order valence-corrected chi connectivity index (χ3v) is 3.16. The van der Waals surface area contributed by atoms with Crippen molar-refractivity contribution in [3.8, 4) is 5.75 Å². The Labute approximate surface area is 140 Å². The lowest BCUT2D eigenvalue weighted by Crippen LogP contribution is -2.23. The highest BCUT2D eigenvalue weighted by molar-refractivity contribution is 5.94. The van der Waals surface area contributed by atoms with Gasteiger partial charge in [-0.3, -0.25) is 0 Å². The lowest BCUT2D eigenvalue weighted by atomic mass is 10.2. The number of methoxy groups -OCH3 is 2. The molecule has 2 amide bonds. The summed E-state index contributed by atoms with van der Waals surface area (Å²) in [7, 11) is 2.89. The van der Waals surface area contributed by atoms with Crippen molar-refractivity contribution in [2.75, 3.05) is 19.5 Å². The summed E-state index contributed by atoms with van der Waals surface area (Å²) in [6.45, 7) is 0. The van der Waals surface area contributed by atoms with E-state index in [1.54, 1.807) is 31.4 Å². The summed E-state index contributed by atoms with van der Waals surface area (Å²) in [4.78, 5) is 23.4. The Morgan fingerprint density at radius 2 is 1.83 bits per heavy atom. The van der Waals surface area contributed by atoms with Gasteiger partial charge >= 0.3 is 12.0 Å². The summed E-state index contributed by atoms with van der Waals surface area (Å²) >= 11 is 0. The summed E-state index contributed by atoms with van der Waals surface area (Å²) in [5.41, 5.74) is 1.69. The summed E-state index contributed by atoms with van der Waals surface area (Å²) < 4.78 is 9.86. The fraction of sp³-hybridized carbons (Fsp3) is 0.111. The van der Waals surface area contributed by atoms with Gasteiger partial charge in [-0.2, -0.15) is 0 Å². The Kier molecular flexibility index (Phi) is 5.96. The minimum absolute atomic E-state index is 0.361. The molecule has 0 saturated heterocycles. The maximum Gasteiger partial charge on any atom is 0.337 e. The van der Waals surface area contributed by atoms with E-state index < -0.39 is 12.0 Å². The minimum Gasteiger partial charge on any atom is -0.496 e. The Morgan fingerprint density at radius 1 is 1.04 bits per heavy atom. The molecule has 0 aliphatic carbocycles. The van der Waals surface area contributed by atoms with Crippen LogP contribution in [0.4, 0.5) is 10.5 Å². The summed E-state index contributed by atoms with van der Waals surface area (Å²) in [5, 5.41) is 5.23. The van der Waals surface area contributed by atoms with Crippen LogP contribution >= 0.6 is 0 Å². The van der Waals surface area contributed by atoms with Crippen molar-refractivity contribution in [2.24, 2.45) is 0 Å². The number of urea groups is 1. The molecule has 2 N–H and O–H groups in total. The molecule has 0 atom stereocenters. The van der Waals surface area contributed by atoms with Gasteiger partial charge in [0.15, 0.2) is 0 Å². The largest absolute Gasteiger partial charge is 0.496 e. The molecule has 0 spiro atoms. The monoisotopic (exact) mass is 326 g/mol. The van der Waals surface area contributed by atoms with Crippen molar-refractivity contribution in [3.63, 3.8) is 0 Å². The second kappa shape index (κ2) is 8.38. The smallest absolute Gasteiger partial charge is 0.337 e. The van der Waals surface area contributed by atoms with Crippen LogP contribution < -0.4 is 15.4 Å². The molecule has 124 valence electrons. The fourth-order valence-corrected chi connectivity index (χ4v) is 2.02. The van der Waals surface area contributed by atoms with Crippen LogP contribution in [0.1, 0.15) is 15.9 Å². The number of hydrogen-bond acceptors (Lipinski definition) is 4. The van der Waals surface area contributed by atoms with E-state index in [1.807, 2.05) is 24.3 Å². The van der Waals surface area contributed by atoms with Crippen LogP contribution in [-0.2, 0) is 4.74 Å². The van der Waals surface area contributed by atoms with E-state index in [1.165, 1.54) is 19.4 Å². The number of carbonyl (C=O) groups is 2. The molecule has 6 heteroatoms. The molecule has 2 rings (SSSR count). The number of ether oxygens (including phenoxy) is 2. The Morgan fingerprint density at radius 3 is 2.58 bits per heavy atom. The molecule has 0 fully saturated rings. The van der Waals surface area contributed by atoms with Gasteiger partial charge in [0.1, 0.15) is 5.75 Å². The van der Waals surface area contributed by atoms with Crippen LogP contribution in [0.3, 0.4) is 0 Å². The van der Waals surface area contributed by atoms with Crippen molar-refractivity contribution in [2.45, 2.75) is 0 Å². The second-order valence-corrected chi connectivity index (χ2v) is 4.75. The number of amides is 2. The normalized spacial score (nSPS) is 10.2. The molecule has 0 unspecified atom stereocenters. The Bertz CT molecular complexity index is 756. The van der Waals surface area contributed by atoms with E-state index in [0.29, 0.717) is 17.0 Å². The van der Waals surface area contributed by atoms with E-state index in [0.717, 1.165) is 5.56 Å². The molecule has 0 radical (unpaired) electrons. The zero-order valence-electron chi connectivity index (χ0n) is 13.4. The highest BCUT2D eigenvalue weighted by atomic mass is 16.5. The first-order chi connectivity index (χ1) is 11.6. The Hall–Kier alpha value is -3.28. The van der Waals surface area contributed by atoms with Crippen LogP contribution in [0.15, 0.2) is 54.7 Å². The highest BCUT2D eigenvalue weighted by Crippen LogP contribution is 2.18. The zero-order chi connectivity index (χ0) is 17.4. The van der Waals surface area contributed by atoms with Gasteiger partial charge in [-0.25, -0.2) is 9.59 Å². The van der Waals surface area contributed by atoms with Crippen molar-refractivity contribution < 1.29 is 19.1 Å². The number of para-hydroxylation sites is 1. The first-order valence-electron chi connectivity index (χ1n) is 7.19. The molecule has 6 nitrogen and oxygen atoms in total. The van der Waals surface area contributed by atoms with E-state index in [-0.39, 0.29) is 0 Å². The van der Waals surface area contributed by atoms with Gasteiger partial charge in [0, 0.05) is 17.5 Å². The van der Waals surface area contributed by atoms with Gasteiger partial charge < -0.3 is 20.1 Å². The molecular weight excluding hydrogens is 308 g/mol. The molecular formula is C18H18N2O4. The van der Waals surface area contributed by atoms with Crippen LogP contribution in [0.5, 0.6) is 5.75 Å². The third kappa shape index (κ3) is 4.61. The van der Waals surface area contributed by atoms with Gasteiger partial charge in [0.25, 0.3) is 0 Å². The first-order valence-corrected chi connectivity index (χ1v) is 7.19. The number of benzene rings is 2. The molecule has 24 heavy (non-hydrogen) atoms. The summed E-state index contributed by atoms with van der Waals surface area (Å²) in [6.07, 6.45) is 3.24. The van der Waals surface area contributed by atoms with E-state index >= 15 is 0 Å². The zero-order valence-corrected chi connectivity index (χ0v) is 13.4. The van der Waals surface area contributed by atoms with Gasteiger partial charge in [-0.1, -0.05) is 24.3 Å². The van der Waals surface area contributed by atoms with Crippen LogP contribution in [0.2, 0.25) is 0 Å². The minimum atomic E-state index is -0.463.